The van der Waals surface area contributed by atoms with Crippen molar-refractivity contribution in [2.24, 2.45) is 23.7 Å². The van der Waals surface area contributed by atoms with Crippen molar-refractivity contribution in [2.45, 2.75) is 128 Å². The maximum Gasteiger partial charge on any atom is 0.315 e. The molecule has 4 bridgehead atoms. The van der Waals surface area contributed by atoms with E-state index in [0.29, 0.717) is 62.8 Å². The fourth-order valence-corrected chi connectivity index (χ4v) is 9.61. The molecule has 5 amide bonds. The second-order valence-electron chi connectivity index (χ2n) is 15.3. The lowest BCUT2D eigenvalue weighted by atomic mass is 9.53. The molecule has 1 aromatic rings. The first kappa shape index (κ1) is 36.6. The average Bonchev–Trinajstić information content (AvgIpc) is 3.73. The van der Waals surface area contributed by atoms with Gasteiger partial charge in [0, 0.05) is 18.6 Å². The van der Waals surface area contributed by atoms with E-state index >= 15 is 0 Å². The molecule has 268 valence electrons. The minimum absolute atomic E-state index is 0.140. The number of carbonyl (C=O) groups excluding carboxylic acids is 5. The second kappa shape index (κ2) is 16.3. The highest BCUT2D eigenvalue weighted by atomic mass is 16.2. The SMILES string of the molecule is C=CCNC(=O)C(=O)C(CCC)NC(=O)[C@@H]1CCCN1C(=O)[C@@H](NC(=O)NC12CC3CC(CC(C3)C1)C2)C1Cc2ccccc2C1.CCC. The molecule has 3 atom stereocenters. The third-order valence-corrected chi connectivity index (χ3v) is 11.2. The zero-order valence-corrected chi connectivity index (χ0v) is 29.7. The number of urea groups is 1. The summed E-state index contributed by atoms with van der Waals surface area (Å²) in [5.74, 6) is -0.306. The van der Waals surface area contributed by atoms with Crippen molar-refractivity contribution in [3.05, 3.63) is 48.0 Å². The van der Waals surface area contributed by atoms with Crippen molar-refractivity contribution < 1.29 is 24.0 Å². The first-order chi connectivity index (χ1) is 23.6. The van der Waals surface area contributed by atoms with Crippen LogP contribution in [0.5, 0.6) is 0 Å². The Morgan fingerprint density at radius 1 is 0.939 bits per heavy atom. The van der Waals surface area contributed by atoms with Crippen molar-refractivity contribution in [3.63, 3.8) is 0 Å². The van der Waals surface area contributed by atoms with Crippen LogP contribution in [0.2, 0.25) is 0 Å². The van der Waals surface area contributed by atoms with Gasteiger partial charge in [0.2, 0.25) is 17.6 Å². The van der Waals surface area contributed by atoms with Gasteiger partial charge in [-0.2, -0.15) is 0 Å². The Labute approximate surface area is 292 Å². The predicted molar refractivity (Wildman–Crippen MR) is 189 cm³/mol. The molecular formula is C39H57N5O5. The van der Waals surface area contributed by atoms with E-state index < -0.39 is 35.7 Å². The van der Waals surface area contributed by atoms with Crippen LogP contribution < -0.4 is 21.3 Å². The number of Topliss-reactive ketones (excluding diaryl/α,β-unsaturated/α-hetero) is 1. The van der Waals surface area contributed by atoms with Gasteiger partial charge in [-0.3, -0.25) is 19.2 Å². The Hall–Kier alpha value is -3.69. The fourth-order valence-electron chi connectivity index (χ4n) is 9.61. The minimum atomic E-state index is -0.982. The molecular weight excluding hydrogens is 618 g/mol. The summed E-state index contributed by atoms with van der Waals surface area (Å²) in [5, 5.41) is 11.8. The van der Waals surface area contributed by atoms with Crippen LogP contribution >= 0.6 is 0 Å². The van der Waals surface area contributed by atoms with E-state index in [1.807, 2.05) is 19.1 Å². The van der Waals surface area contributed by atoms with Crippen LogP contribution in [0.1, 0.15) is 103 Å². The zero-order valence-electron chi connectivity index (χ0n) is 29.7. The van der Waals surface area contributed by atoms with E-state index in [-0.39, 0.29) is 29.9 Å². The van der Waals surface area contributed by atoms with E-state index in [1.165, 1.54) is 42.9 Å². The summed E-state index contributed by atoms with van der Waals surface area (Å²) < 4.78 is 0. The third-order valence-electron chi connectivity index (χ3n) is 11.2. The Balaban J connectivity index is 0.00000151. The molecule has 10 heteroatoms. The van der Waals surface area contributed by atoms with Crippen LogP contribution in [0.25, 0.3) is 0 Å². The van der Waals surface area contributed by atoms with Crippen LogP contribution in [-0.2, 0) is 32.0 Å². The standard InChI is InChI=1S/C36H49N5O5.C3H8/c1-3-8-28(31(42)33(44)37-12-4-2)38-32(43)29-11-7-13-41(29)34(45)30(27-17-25-9-5-6-10-26(25)18-27)39-35(46)40-36-19-22-14-23(20-36)16-24(15-22)21-36;1-3-2/h4-6,9-10,22-24,27-30H,2-3,7-8,11-21H2,1H3,(H,37,44)(H,38,43)(H2,39,40,46);3H2,1-2H3/t22?,23?,24?,28?,29-,30-,36?;/m0./s1. The number of rotatable bonds is 12. The topological polar surface area (TPSA) is 137 Å². The number of hydrogen-bond acceptors (Lipinski definition) is 5. The number of likely N-dealkylation sites (tertiary alicyclic amines) is 1. The van der Waals surface area contributed by atoms with Crippen molar-refractivity contribution in [1.29, 1.82) is 0 Å². The highest BCUT2D eigenvalue weighted by molar-refractivity contribution is 6.38. The molecule has 1 saturated heterocycles. The van der Waals surface area contributed by atoms with Gasteiger partial charge in [-0.1, -0.05) is 64.0 Å². The molecule has 1 heterocycles. The molecule has 1 unspecified atom stereocenters. The molecule has 5 aliphatic carbocycles. The number of hydrogen-bond donors (Lipinski definition) is 4. The van der Waals surface area contributed by atoms with Gasteiger partial charge < -0.3 is 26.2 Å². The van der Waals surface area contributed by atoms with Gasteiger partial charge in [0.15, 0.2) is 0 Å². The molecule has 6 aliphatic rings. The summed E-state index contributed by atoms with van der Waals surface area (Å²) in [7, 11) is 0. The summed E-state index contributed by atoms with van der Waals surface area (Å²) >= 11 is 0. The molecule has 0 radical (unpaired) electrons. The highest BCUT2D eigenvalue weighted by Gasteiger charge is 2.52. The quantitative estimate of drug-likeness (QED) is 0.190. The van der Waals surface area contributed by atoms with Gasteiger partial charge in [0.25, 0.3) is 5.91 Å². The summed E-state index contributed by atoms with van der Waals surface area (Å²) in [4.78, 5) is 68.7. The Kier molecular flexibility index (Phi) is 12.2. The first-order valence-electron chi connectivity index (χ1n) is 18.8. The van der Waals surface area contributed by atoms with Gasteiger partial charge in [-0.25, -0.2) is 4.79 Å². The maximum absolute atomic E-state index is 14.4. The van der Waals surface area contributed by atoms with E-state index in [9.17, 15) is 24.0 Å². The summed E-state index contributed by atoms with van der Waals surface area (Å²) in [6.45, 7) is 10.2. The first-order valence-corrected chi connectivity index (χ1v) is 18.8. The third kappa shape index (κ3) is 8.55. The number of nitrogens with one attached hydrogen (secondary N) is 4. The summed E-state index contributed by atoms with van der Waals surface area (Å²) in [6, 6.07) is 5.29. The van der Waals surface area contributed by atoms with E-state index in [1.54, 1.807) is 4.90 Å². The molecule has 4 N–H and O–H groups in total. The molecule has 49 heavy (non-hydrogen) atoms. The molecule has 1 aliphatic heterocycles. The second-order valence-corrected chi connectivity index (χ2v) is 15.3. The van der Waals surface area contributed by atoms with Crippen molar-refractivity contribution in [1.82, 2.24) is 26.2 Å². The number of carbonyl (C=O) groups is 5. The monoisotopic (exact) mass is 675 g/mol. The molecule has 0 spiro atoms. The lowest BCUT2D eigenvalue weighted by molar-refractivity contribution is -0.143. The largest absolute Gasteiger partial charge is 0.346 e. The number of nitrogens with zero attached hydrogens (tertiary/aromatic N) is 1. The van der Waals surface area contributed by atoms with Gasteiger partial charge >= 0.3 is 6.03 Å². The Morgan fingerprint density at radius 3 is 2.08 bits per heavy atom. The van der Waals surface area contributed by atoms with Crippen LogP contribution in [0.3, 0.4) is 0 Å². The summed E-state index contributed by atoms with van der Waals surface area (Å²) in [6.07, 6.45) is 12.9. The normalized spacial score (nSPS) is 27.6. The molecule has 0 aromatic heterocycles. The molecule has 5 fully saturated rings. The fraction of sp³-hybridized carbons (Fsp3) is 0.667. The van der Waals surface area contributed by atoms with Crippen LogP contribution in [0.15, 0.2) is 36.9 Å². The number of amides is 5. The minimum Gasteiger partial charge on any atom is -0.346 e. The van der Waals surface area contributed by atoms with Crippen molar-refractivity contribution in [3.8, 4) is 0 Å². The highest BCUT2D eigenvalue weighted by Crippen LogP contribution is 2.55. The average molecular weight is 676 g/mol. The summed E-state index contributed by atoms with van der Waals surface area (Å²) in [5.41, 5.74) is 2.17. The van der Waals surface area contributed by atoms with Crippen LogP contribution in [0, 0.1) is 23.7 Å². The lowest BCUT2D eigenvalue weighted by Crippen LogP contribution is -2.64. The number of fused-ring (bicyclic) bond motifs is 1. The Morgan fingerprint density at radius 2 is 1.53 bits per heavy atom. The Bertz CT molecular complexity index is 1330. The zero-order chi connectivity index (χ0) is 35.1. The predicted octanol–water partition coefficient (Wildman–Crippen LogP) is 4.60. The van der Waals surface area contributed by atoms with Gasteiger partial charge in [0.1, 0.15) is 12.1 Å². The molecule has 7 rings (SSSR count). The molecule has 10 nitrogen and oxygen atoms in total. The number of benzene rings is 1. The van der Waals surface area contributed by atoms with Gasteiger partial charge in [-0.05, 0) is 105 Å². The molecule has 1 aromatic carbocycles. The van der Waals surface area contributed by atoms with Crippen molar-refractivity contribution in [2.75, 3.05) is 13.1 Å². The lowest BCUT2D eigenvalue weighted by Gasteiger charge is -2.56. The smallest absolute Gasteiger partial charge is 0.315 e. The van der Waals surface area contributed by atoms with Gasteiger partial charge in [0.05, 0.1) is 6.04 Å². The van der Waals surface area contributed by atoms with E-state index in [4.69, 9.17) is 0 Å². The van der Waals surface area contributed by atoms with E-state index in [2.05, 4.69) is 53.8 Å². The maximum atomic E-state index is 14.4. The van der Waals surface area contributed by atoms with Crippen LogP contribution in [0.4, 0.5) is 4.79 Å². The molecule has 4 saturated carbocycles. The van der Waals surface area contributed by atoms with Crippen molar-refractivity contribution >= 4 is 29.5 Å². The number of ketones is 1. The van der Waals surface area contributed by atoms with Crippen LogP contribution in [-0.4, -0.2) is 71.2 Å². The van der Waals surface area contributed by atoms with Gasteiger partial charge in [-0.15, -0.1) is 6.58 Å². The van der Waals surface area contributed by atoms with E-state index in [0.717, 1.165) is 19.3 Å².